The van der Waals surface area contributed by atoms with E-state index in [-0.39, 0.29) is 23.1 Å². The number of amidine groups is 1. The number of aryl methyl sites for hydroxylation is 1. The first-order chi connectivity index (χ1) is 18.4. The van der Waals surface area contributed by atoms with Crippen molar-refractivity contribution in [1.29, 1.82) is 0 Å². The molecule has 190 valence electrons. The van der Waals surface area contributed by atoms with Crippen molar-refractivity contribution in [2.45, 2.75) is 6.92 Å². The van der Waals surface area contributed by atoms with Gasteiger partial charge in [0.25, 0.3) is 5.91 Å². The van der Waals surface area contributed by atoms with Crippen molar-refractivity contribution in [3.8, 4) is 11.4 Å². The number of nitrogens with one attached hydrogen (secondary N) is 1. The van der Waals surface area contributed by atoms with Gasteiger partial charge in [-0.2, -0.15) is 0 Å². The van der Waals surface area contributed by atoms with E-state index in [1.807, 2.05) is 49.4 Å². The van der Waals surface area contributed by atoms with Gasteiger partial charge < -0.3 is 4.74 Å². The summed E-state index contributed by atoms with van der Waals surface area (Å²) in [4.78, 5) is 45.0. The Labute approximate surface area is 222 Å². The maximum Gasteiger partial charge on any atom is 0.438 e. The number of benzene rings is 3. The van der Waals surface area contributed by atoms with Gasteiger partial charge in [0, 0.05) is 12.1 Å². The van der Waals surface area contributed by atoms with Gasteiger partial charge in [-0.25, -0.2) is 9.79 Å². The highest BCUT2D eigenvalue weighted by Gasteiger charge is 2.35. The van der Waals surface area contributed by atoms with Crippen molar-refractivity contribution >= 4 is 40.4 Å². The Kier molecular flexibility index (Phi) is 7.05. The molecule has 2 heterocycles. The number of aliphatic imine (C=N–C) groups is 1. The van der Waals surface area contributed by atoms with E-state index >= 15 is 0 Å². The summed E-state index contributed by atoms with van der Waals surface area (Å²) in [5.41, 5.74) is 2.34. The second-order valence-electron chi connectivity index (χ2n) is 8.39. The highest BCUT2D eigenvalue weighted by molar-refractivity contribution is 8.14. The van der Waals surface area contributed by atoms with E-state index in [4.69, 9.17) is 9.26 Å². The van der Waals surface area contributed by atoms with Gasteiger partial charge in [-0.1, -0.05) is 59.8 Å². The Bertz CT molecular complexity index is 1620. The second kappa shape index (κ2) is 10.7. The summed E-state index contributed by atoms with van der Waals surface area (Å²) in [6, 6.07) is 23.6. The molecule has 38 heavy (non-hydrogen) atoms. The van der Waals surface area contributed by atoms with Gasteiger partial charge in [0.2, 0.25) is 11.5 Å². The van der Waals surface area contributed by atoms with Gasteiger partial charge in [-0.05, 0) is 52.8 Å². The molecule has 1 amide bonds. The highest BCUT2D eigenvalue weighted by Crippen LogP contribution is 2.29. The number of nitrogens with zero attached hydrogens (tertiary/aromatic N) is 3. The summed E-state index contributed by atoms with van der Waals surface area (Å²) in [7, 11) is 1.55. The first-order valence-corrected chi connectivity index (χ1v) is 12.6. The van der Waals surface area contributed by atoms with Gasteiger partial charge in [-0.15, -0.1) is 0 Å². The molecule has 1 aliphatic heterocycles. The third-order valence-electron chi connectivity index (χ3n) is 5.76. The molecule has 10 heteroatoms. The Morgan fingerprint density at radius 2 is 1.84 bits per heavy atom. The van der Waals surface area contributed by atoms with E-state index < -0.39 is 11.4 Å². The Morgan fingerprint density at radius 3 is 2.55 bits per heavy atom. The number of rotatable bonds is 7. The minimum absolute atomic E-state index is 0.147. The van der Waals surface area contributed by atoms with Gasteiger partial charge in [0.1, 0.15) is 11.4 Å². The predicted octanol–water partition coefficient (Wildman–Crippen LogP) is 3.92. The standard InChI is InChI=1S/C28H22N4O5S/c1-18-7-6-8-19(15-18)16-23-26(34)31(20-9-4-3-5-10-20)28(29-23)38-17-24(33)25-27(35)37-30-32(25)21-11-13-22(36-2)14-12-21/h3-16H,17H2,1-2H3/p+1/b23-16+. The third-order valence-corrected chi connectivity index (χ3v) is 6.70. The van der Waals surface area contributed by atoms with Crippen LogP contribution in [0.3, 0.4) is 0 Å². The fraction of sp³-hybridized carbons (Fsp3) is 0.107. The van der Waals surface area contributed by atoms with Crippen LogP contribution in [0.15, 0.2) is 98.9 Å². The van der Waals surface area contributed by atoms with Gasteiger partial charge in [0.05, 0.1) is 18.6 Å². The maximum atomic E-state index is 13.4. The molecule has 0 radical (unpaired) electrons. The molecular weight excluding hydrogens is 504 g/mol. The molecule has 1 aromatic heterocycles. The summed E-state index contributed by atoms with van der Waals surface area (Å²) in [5, 5.41) is 2.81. The number of methoxy groups -OCH3 is 1. The van der Waals surface area contributed by atoms with E-state index in [1.165, 1.54) is 9.58 Å². The maximum absolute atomic E-state index is 13.4. The number of thioether (sulfide) groups is 1. The van der Waals surface area contributed by atoms with Gasteiger partial charge >= 0.3 is 11.3 Å². The predicted molar refractivity (Wildman–Crippen MR) is 145 cm³/mol. The number of aromatic amines is 1. The summed E-state index contributed by atoms with van der Waals surface area (Å²) in [6.07, 6.45) is 1.72. The zero-order chi connectivity index (χ0) is 26.6. The molecule has 0 spiro atoms. The molecular formula is C28H23N4O5S+. The summed E-state index contributed by atoms with van der Waals surface area (Å²) in [5.74, 6) is -0.309. The molecule has 9 nitrogen and oxygen atoms in total. The van der Waals surface area contributed by atoms with E-state index in [1.54, 1.807) is 49.6 Å². The largest absolute Gasteiger partial charge is 0.497 e. The number of ketones is 1. The lowest BCUT2D eigenvalue weighted by Crippen LogP contribution is -2.41. The number of para-hydroxylation sites is 1. The van der Waals surface area contributed by atoms with Crippen LogP contribution in [0.25, 0.3) is 11.8 Å². The molecule has 0 saturated carbocycles. The second-order valence-corrected chi connectivity index (χ2v) is 9.33. The van der Waals surface area contributed by atoms with Crippen molar-refractivity contribution in [2.75, 3.05) is 17.8 Å². The van der Waals surface area contributed by atoms with Crippen LogP contribution in [0.1, 0.15) is 21.6 Å². The fourth-order valence-corrected chi connectivity index (χ4v) is 4.82. The van der Waals surface area contributed by atoms with Crippen LogP contribution >= 0.6 is 11.8 Å². The number of carbonyl (C=O) groups is 2. The average molecular weight is 528 g/mol. The van der Waals surface area contributed by atoms with Crippen molar-refractivity contribution < 1.29 is 23.5 Å². The minimum Gasteiger partial charge on any atom is -0.497 e. The van der Waals surface area contributed by atoms with Crippen LogP contribution in [0, 0.1) is 6.92 Å². The Morgan fingerprint density at radius 1 is 1.08 bits per heavy atom. The molecule has 1 aliphatic rings. The average Bonchev–Trinajstić information content (AvgIpc) is 3.47. The molecule has 1 N–H and O–H groups in total. The summed E-state index contributed by atoms with van der Waals surface area (Å²) >= 11 is 1.07. The van der Waals surface area contributed by atoms with E-state index in [0.717, 1.165) is 22.9 Å². The summed E-state index contributed by atoms with van der Waals surface area (Å²) in [6.45, 7) is 1.97. The van der Waals surface area contributed by atoms with Crippen LogP contribution in [-0.2, 0) is 4.79 Å². The lowest BCUT2D eigenvalue weighted by Gasteiger charge is -2.17. The van der Waals surface area contributed by atoms with Crippen LogP contribution < -0.4 is 19.9 Å². The van der Waals surface area contributed by atoms with Crippen LogP contribution in [0.4, 0.5) is 5.69 Å². The fourth-order valence-electron chi connectivity index (χ4n) is 3.94. The van der Waals surface area contributed by atoms with Crippen LogP contribution in [-0.4, -0.2) is 35.0 Å². The van der Waals surface area contributed by atoms with Crippen LogP contribution in [0.2, 0.25) is 0 Å². The number of hydrogen-bond donors (Lipinski definition) is 1. The van der Waals surface area contributed by atoms with Crippen LogP contribution in [0.5, 0.6) is 5.75 Å². The zero-order valence-corrected chi connectivity index (χ0v) is 21.4. The lowest BCUT2D eigenvalue weighted by molar-refractivity contribution is -0.672. The van der Waals surface area contributed by atoms with Crippen molar-refractivity contribution in [3.63, 3.8) is 0 Å². The van der Waals surface area contributed by atoms with Crippen molar-refractivity contribution in [3.05, 3.63) is 112 Å². The number of Topliss-reactive ketones (excluding diaryl/α,β-unsaturated/α-hetero) is 1. The monoisotopic (exact) mass is 527 g/mol. The molecule has 0 atom stereocenters. The minimum atomic E-state index is -0.796. The first kappa shape index (κ1) is 25.0. The molecule has 0 bridgehead atoms. The number of hydrogen-bond acceptors (Lipinski definition) is 7. The number of H-pyrrole nitrogens is 1. The molecule has 0 aliphatic carbocycles. The Hall–Kier alpha value is -4.70. The zero-order valence-electron chi connectivity index (χ0n) is 20.6. The normalized spacial score (nSPS) is 14.2. The highest BCUT2D eigenvalue weighted by atomic mass is 32.2. The summed E-state index contributed by atoms with van der Waals surface area (Å²) < 4.78 is 11.4. The number of amides is 1. The first-order valence-electron chi connectivity index (χ1n) is 11.6. The number of ether oxygens (including phenoxy) is 1. The van der Waals surface area contributed by atoms with Gasteiger partial charge in [-0.3, -0.25) is 19.0 Å². The molecule has 0 unspecified atom stereocenters. The van der Waals surface area contributed by atoms with E-state index in [0.29, 0.717) is 22.3 Å². The lowest BCUT2D eigenvalue weighted by atomic mass is 10.1. The smallest absolute Gasteiger partial charge is 0.438 e. The number of carbonyl (C=O) groups excluding carboxylic acids is 2. The number of anilines is 1. The van der Waals surface area contributed by atoms with Crippen molar-refractivity contribution in [1.82, 2.24) is 5.27 Å². The Balaban J connectivity index is 1.43. The number of aromatic nitrogens is 2. The molecule has 4 aromatic rings. The molecule has 5 rings (SSSR count). The SMILES string of the molecule is COc1ccc(-[n+]2[nH]oc(=O)c2C(=O)CSC2=N/C(=C/c3cccc(C)c3)C(=O)N2c2ccccc2)cc1. The van der Waals surface area contributed by atoms with E-state index in [9.17, 15) is 14.4 Å². The van der Waals surface area contributed by atoms with Crippen molar-refractivity contribution in [2.24, 2.45) is 4.99 Å². The molecule has 0 fully saturated rings. The van der Waals surface area contributed by atoms with Gasteiger partial charge in [0.15, 0.2) is 5.17 Å². The third kappa shape index (κ3) is 5.07. The van der Waals surface area contributed by atoms with E-state index in [2.05, 4.69) is 10.3 Å². The molecule has 3 aromatic carbocycles. The molecule has 0 saturated heterocycles. The topological polar surface area (TPSA) is 109 Å². The quantitative estimate of drug-likeness (QED) is 0.222.